The minimum absolute atomic E-state index is 0.237. The largest absolute Gasteiger partial charge is 0.366 e. The molecule has 24 heavy (non-hydrogen) atoms. The maximum atomic E-state index is 12.2. The van der Waals surface area contributed by atoms with E-state index in [2.05, 4.69) is 17.0 Å². The highest BCUT2D eigenvalue weighted by Crippen LogP contribution is 2.10. The minimum atomic E-state index is -0.529. The van der Waals surface area contributed by atoms with Crippen molar-refractivity contribution in [3.05, 3.63) is 72.2 Å². The lowest BCUT2D eigenvalue weighted by Gasteiger charge is -2.02. The van der Waals surface area contributed by atoms with E-state index in [1.54, 1.807) is 48.7 Å². The van der Waals surface area contributed by atoms with Gasteiger partial charge in [-0.2, -0.15) is 5.10 Å². The first kappa shape index (κ1) is 18.9. The summed E-state index contributed by atoms with van der Waals surface area (Å²) >= 11 is 0. The fourth-order valence-corrected chi connectivity index (χ4v) is 1.90. The van der Waals surface area contributed by atoms with Gasteiger partial charge in [-0.15, -0.1) is 0 Å². The highest BCUT2D eigenvalue weighted by molar-refractivity contribution is 5.96. The van der Waals surface area contributed by atoms with Crippen molar-refractivity contribution >= 4 is 17.3 Å². The van der Waals surface area contributed by atoms with E-state index in [4.69, 9.17) is 5.73 Å². The number of fused-ring (bicyclic) bond motifs is 1. The third-order valence-corrected chi connectivity index (χ3v) is 2.88. The number of aromatic nitrogens is 2. The lowest BCUT2D eigenvalue weighted by Crippen LogP contribution is -2.22. The van der Waals surface area contributed by atoms with E-state index in [9.17, 15) is 9.59 Å². The maximum Gasteiger partial charge on any atom is 0.276 e. The number of nitrogens with one attached hydrogen (secondary N) is 1. The van der Waals surface area contributed by atoms with Gasteiger partial charge in [0.25, 0.3) is 5.91 Å². The summed E-state index contributed by atoms with van der Waals surface area (Å²) in [5.74, 6) is -0.880. The molecule has 0 bridgehead atoms. The number of rotatable bonds is 5. The van der Waals surface area contributed by atoms with Crippen molar-refractivity contribution in [1.29, 1.82) is 0 Å². The fourth-order valence-electron chi connectivity index (χ4n) is 1.90. The first-order chi connectivity index (χ1) is 11.5. The molecule has 0 aliphatic carbocycles. The third-order valence-electron chi connectivity index (χ3n) is 2.88. The van der Waals surface area contributed by atoms with Crippen LogP contribution >= 0.6 is 0 Å². The van der Waals surface area contributed by atoms with Gasteiger partial charge in [0.2, 0.25) is 5.91 Å². The molecule has 6 nitrogen and oxygen atoms in total. The molecule has 0 aliphatic rings. The second kappa shape index (κ2) is 9.09. The van der Waals surface area contributed by atoms with Gasteiger partial charge in [-0.1, -0.05) is 32.6 Å². The Balaban J connectivity index is 0.00000139. The van der Waals surface area contributed by atoms with E-state index >= 15 is 0 Å². The van der Waals surface area contributed by atoms with Crippen LogP contribution in [0, 0.1) is 0 Å². The number of nitrogens with zero attached hydrogens (tertiary/aromatic N) is 2. The number of amides is 2. The molecular weight excluding hydrogens is 304 g/mol. The van der Waals surface area contributed by atoms with Gasteiger partial charge in [0.1, 0.15) is 0 Å². The summed E-state index contributed by atoms with van der Waals surface area (Å²) in [4.78, 5) is 23.4. The lowest BCUT2D eigenvalue weighted by molar-refractivity contribution is 0.0960. The first-order valence-corrected chi connectivity index (χ1v) is 7.61. The monoisotopic (exact) mass is 326 g/mol. The van der Waals surface area contributed by atoms with Crippen molar-refractivity contribution in [3.63, 3.8) is 0 Å². The molecular formula is C18H22N4O2. The van der Waals surface area contributed by atoms with Crippen molar-refractivity contribution in [2.24, 2.45) is 5.73 Å². The zero-order valence-corrected chi connectivity index (χ0v) is 14.1. The van der Waals surface area contributed by atoms with Gasteiger partial charge < -0.3 is 11.1 Å². The summed E-state index contributed by atoms with van der Waals surface area (Å²) in [5, 5.41) is 6.89. The third kappa shape index (κ3) is 4.67. The van der Waals surface area contributed by atoms with E-state index in [0.717, 1.165) is 0 Å². The van der Waals surface area contributed by atoms with Crippen LogP contribution in [0.2, 0.25) is 0 Å². The zero-order valence-electron chi connectivity index (χ0n) is 14.1. The summed E-state index contributed by atoms with van der Waals surface area (Å²) in [5.41, 5.74) is 7.05. The predicted molar refractivity (Wildman–Crippen MR) is 95.6 cm³/mol. The number of carbonyl (C=O) groups excluding carboxylic acids is 2. The van der Waals surface area contributed by atoms with Gasteiger partial charge in [-0.25, -0.2) is 4.52 Å². The normalized spacial score (nSPS) is 11.0. The Morgan fingerprint density at radius 2 is 2.04 bits per heavy atom. The number of hydrogen-bond donors (Lipinski definition) is 2. The zero-order chi connectivity index (χ0) is 18.1. The van der Waals surface area contributed by atoms with Crippen molar-refractivity contribution in [3.8, 4) is 0 Å². The first-order valence-electron chi connectivity index (χ1n) is 7.61. The van der Waals surface area contributed by atoms with Crippen molar-refractivity contribution < 1.29 is 9.59 Å². The molecule has 2 amide bonds. The van der Waals surface area contributed by atoms with E-state index in [0.29, 0.717) is 16.8 Å². The van der Waals surface area contributed by atoms with Crippen LogP contribution in [-0.4, -0.2) is 21.4 Å². The molecule has 0 fully saturated rings. The van der Waals surface area contributed by atoms with Gasteiger partial charge >= 0.3 is 0 Å². The molecule has 0 aromatic carbocycles. The molecule has 0 atom stereocenters. The number of nitrogens with two attached hydrogens (primary N) is 1. The van der Waals surface area contributed by atoms with E-state index in [-0.39, 0.29) is 11.6 Å². The van der Waals surface area contributed by atoms with Crippen LogP contribution in [0.5, 0.6) is 0 Å². The van der Waals surface area contributed by atoms with E-state index in [1.807, 2.05) is 20.8 Å². The molecule has 6 heteroatoms. The highest BCUT2D eigenvalue weighted by atomic mass is 16.2. The Morgan fingerprint density at radius 1 is 1.33 bits per heavy atom. The average Bonchev–Trinajstić information content (AvgIpc) is 3.00. The molecule has 0 unspecified atom stereocenters. The van der Waals surface area contributed by atoms with Gasteiger partial charge in [0.05, 0.1) is 5.52 Å². The van der Waals surface area contributed by atoms with Gasteiger partial charge in [-0.3, -0.25) is 9.59 Å². The summed E-state index contributed by atoms with van der Waals surface area (Å²) < 4.78 is 1.51. The Morgan fingerprint density at radius 3 is 2.62 bits per heavy atom. The van der Waals surface area contributed by atoms with Gasteiger partial charge in [0, 0.05) is 17.5 Å². The van der Waals surface area contributed by atoms with Crippen LogP contribution in [0.3, 0.4) is 0 Å². The molecule has 2 heterocycles. The Labute approximate surface area is 141 Å². The van der Waals surface area contributed by atoms with Crippen LogP contribution in [0.25, 0.3) is 5.52 Å². The molecule has 3 N–H and O–H groups in total. The smallest absolute Gasteiger partial charge is 0.276 e. The molecule has 0 radical (unpaired) electrons. The number of allylic oxidation sites excluding steroid dienone is 4. The molecule has 0 spiro atoms. The molecule has 0 saturated heterocycles. The summed E-state index contributed by atoms with van der Waals surface area (Å²) in [7, 11) is 0. The Hall–Kier alpha value is -3.15. The molecule has 2 rings (SSSR count). The SMILES string of the molecule is C=C/C=C(\C=C/C)NC(=O)c1cc2cc(C(N)=O)ccn2n1.CC. The van der Waals surface area contributed by atoms with Crippen LogP contribution in [0.15, 0.2) is 61.0 Å². The fraction of sp³-hybridized carbons (Fsp3) is 0.167. The average molecular weight is 326 g/mol. The van der Waals surface area contributed by atoms with E-state index in [1.165, 1.54) is 4.52 Å². The molecule has 2 aromatic rings. The quantitative estimate of drug-likeness (QED) is 0.828. The second-order valence-corrected chi connectivity index (χ2v) is 4.49. The van der Waals surface area contributed by atoms with Crippen LogP contribution in [0.4, 0.5) is 0 Å². The molecule has 0 saturated carbocycles. The molecule has 126 valence electrons. The lowest BCUT2D eigenvalue weighted by atomic mass is 10.2. The van der Waals surface area contributed by atoms with Crippen LogP contribution < -0.4 is 11.1 Å². The van der Waals surface area contributed by atoms with Crippen molar-refractivity contribution in [2.75, 3.05) is 0 Å². The molecule has 2 aromatic heterocycles. The van der Waals surface area contributed by atoms with Crippen molar-refractivity contribution in [2.45, 2.75) is 20.8 Å². The summed E-state index contributed by atoms with van der Waals surface area (Å²) in [6, 6.07) is 4.72. The minimum Gasteiger partial charge on any atom is -0.366 e. The maximum absolute atomic E-state index is 12.2. The van der Waals surface area contributed by atoms with Gasteiger partial charge in [0.15, 0.2) is 5.69 Å². The predicted octanol–water partition coefficient (Wildman–Crippen LogP) is 2.84. The summed E-state index contributed by atoms with van der Waals surface area (Å²) in [6.07, 6.45) is 8.40. The number of pyridine rings is 1. The summed E-state index contributed by atoms with van der Waals surface area (Å²) in [6.45, 7) is 9.45. The van der Waals surface area contributed by atoms with E-state index < -0.39 is 5.91 Å². The Bertz CT molecular complexity index is 800. The van der Waals surface area contributed by atoms with Gasteiger partial charge in [-0.05, 0) is 37.3 Å². The number of primary amides is 1. The molecule has 0 aliphatic heterocycles. The second-order valence-electron chi connectivity index (χ2n) is 4.49. The highest BCUT2D eigenvalue weighted by Gasteiger charge is 2.12. The topological polar surface area (TPSA) is 89.5 Å². The van der Waals surface area contributed by atoms with Crippen LogP contribution in [0.1, 0.15) is 41.6 Å². The van der Waals surface area contributed by atoms with Crippen molar-refractivity contribution in [1.82, 2.24) is 14.9 Å². The Kier molecular flexibility index (Phi) is 7.16. The number of hydrogen-bond acceptors (Lipinski definition) is 3. The number of carbonyl (C=O) groups is 2. The standard InChI is InChI=1S/C16H16N4O2.C2H6/c1-3-5-12(6-4-2)18-16(22)14-10-13-9-11(15(17)21)7-8-20(13)19-14;1-2/h3-10H,1H2,2H3,(H2,17,21)(H,18,22);1-2H3/b6-4-,12-5+;. The van der Waals surface area contributed by atoms with Crippen LogP contribution in [-0.2, 0) is 0 Å².